The summed E-state index contributed by atoms with van der Waals surface area (Å²) >= 11 is 1.91. The Labute approximate surface area is 168 Å². The minimum atomic E-state index is -3.26. The van der Waals surface area contributed by atoms with E-state index in [0.29, 0.717) is 3.58 Å². The molecule has 10 heteroatoms. The van der Waals surface area contributed by atoms with Crippen molar-refractivity contribution in [1.29, 1.82) is 0 Å². The van der Waals surface area contributed by atoms with Gasteiger partial charge in [0.15, 0.2) is 6.23 Å². The SMILES string of the molecule is O=C1N(CC(F)(F)c2ccccc2)CC(I)=CN1[C@@H]1O[C@H](CO)[C@H](O)[C@@H]1O. The number of aliphatic hydroxyl groups is 3. The number of carbonyl (C=O) groups excluding carboxylic acids is 1. The fourth-order valence-corrected chi connectivity index (χ4v) is 3.80. The lowest BCUT2D eigenvalue weighted by atomic mass is 10.1. The number of carbonyl (C=O) groups is 1. The molecule has 1 fully saturated rings. The van der Waals surface area contributed by atoms with E-state index >= 15 is 0 Å². The van der Waals surface area contributed by atoms with Crippen molar-refractivity contribution in [2.24, 2.45) is 0 Å². The normalized spacial score (nSPS) is 29.3. The van der Waals surface area contributed by atoms with E-state index in [1.165, 1.54) is 30.5 Å². The molecule has 7 nitrogen and oxygen atoms in total. The Bertz CT molecular complexity index is 721. The molecule has 0 unspecified atom stereocenters. The van der Waals surface area contributed by atoms with Gasteiger partial charge in [0.25, 0.3) is 5.92 Å². The summed E-state index contributed by atoms with van der Waals surface area (Å²) < 4.78 is 35.2. The zero-order valence-corrected chi connectivity index (χ0v) is 16.2. The summed E-state index contributed by atoms with van der Waals surface area (Å²) in [5, 5.41) is 29.2. The van der Waals surface area contributed by atoms with Gasteiger partial charge < -0.3 is 25.0 Å². The Morgan fingerprint density at radius 2 is 1.89 bits per heavy atom. The van der Waals surface area contributed by atoms with Gasteiger partial charge in [-0.05, 0) is 22.6 Å². The van der Waals surface area contributed by atoms with Crippen molar-refractivity contribution in [2.75, 3.05) is 19.7 Å². The Balaban J connectivity index is 1.80. The van der Waals surface area contributed by atoms with E-state index in [1.54, 1.807) is 6.07 Å². The average Bonchev–Trinajstić information content (AvgIpc) is 2.93. The highest BCUT2D eigenvalue weighted by atomic mass is 127. The molecule has 1 saturated heterocycles. The molecular weight excluding hydrogens is 477 g/mol. The topological polar surface area (TPSA) is 93.5 Å². The van der Waals surface area contributed by atoms with Crippen LogP contribution < -0.4 is 0 Å². The number of benzene rings is 1. The first-order valence-corrected chi connectivity index (χ1v) is 9.31. The molecule has 0 spiro atoms. The van der Waals surface area contributed by atoms with Crippen molar-refractivity contribution in [2.45, 2.75) is 30.5 Å². The van der Waals surface area contributed by atoms with Crippen LogP contribution in [0.5, 0.6) is 0 Å². The zero-order valence-electron chi connectivity index (χ0n) is 14.1. The van der Waals surface area contributed by atoms with Crippen molar-refractivity contribution < 1.29 is 33.6 Å². The number of hydrogen-bond donors (Lipinski definition) is 3. The lowest BCUT2D eigenvalue weighted by Crippen LogP contribution is -2.54. The van der Waals surface area contributed by atoms with Crippen LogP contribution in [0.1, 0.15) is 5.56 Å². The van der Waals surface area contributed by atoms with Crippen LogP contribution in [-0.4, -0.2) is 75.4 Å². The lowest BCUT2D eigenvalue weighted by molar-refractivity contribution is -0.0766. The van der Waals surface area contributed by atoms with Crippen molar-refractivity contribution >= 4 is 28.6 Å². The summed E-state index contributed by atoms with van der Waals surface area (Å²) in [4.78, 5) is 14.7. The van der Waals surface area contributed by atoms with Crippen molar-refractivity contribution in [3.63, 3.8) is 0 Å². The summed E-state index contributed by atoms with van der Waals surface area (Å²) in [6.07, 6.45) is -3.81. The molecule has 148 valence electrons. The molecule has 1 aromatic carbocycles. The zero-order chi connectivity index (χ0) is 19.8. The number of rotatable bonds is 5. The molecule has 0 saturated carbocycles. The molecule has 3 rings (SSSR count). The molecular formula is C17H19F2IN2O5. The number of aliphatic hydroxyl groups excluding tert-OH is 3. The van der Waals surface area contributed by atoms with E-state index in [9.17, 15) is 28.9 Å². The maximum absolute atomic E-state index is 14.6. The third-order valence-electron chi connectivity index (χ3n) is 4.49. The van der Waals surface area contributed by atoms with Crippen LogP contribution in [0.3, 0.4) is 0 Å². The molecule has 0 aliphatic carbocycles. The predicted molar refractivity (Wildman–Crippen MR) is 99.0 cm³/mol. The predicted octanol–water partition coefficient (Wildman–Crippen LogP) is 1.23. The number of urea groups is 1. The highest BCUT2D eigenvalue weighted by Crippen LogP contribution is 2.33. The van der Waals surface area contributed by atoms with Crippen molar-refractivity contribution in [1.82, 2.24) is 9.80 Å². The maximum Gasteiger partial charge on any atom is 0.326 e. The van der Waals surface area contributed by atoms with Gasteiger partial charge in [0.05, 0.1) is 19.7 Å². The molecule has 2 aliphatic rings. The second-order valence-electron chi connectivity index (χ2n) is 6.42. The van der Waals surface area contributed by atoms with E-state index in [4.69, 9.17) is 4.74 Å². The second kappa shape index (κ2) is 7.95. The lowest BCUT2D eigenvalue weighted by Gasteiger charge is -2.38. The monoisotopic (exact) mass is 496 g/mol. The third-order valence-corrected chi connectivity index (χ3v) is 5.11. The summed E-state index contributed by atoms with van der Waals surface area (Å²) in [6.45, 7) is -1.40. The van der Waals surface area contributed by atoms with Gasteiger partial charge in [-0.1, -0.05) is 30.3 Å². The number of ether oxygens (including phenoxy) is 1. The molecule has 2 aliphatic heterocycles. The maximum atomic E-state index is 14.6. The minimum Gasteiger partial charge on any atom is -0.394 e. The van der Waals surface area contributed by atoms with E-state index in [1.807, 2.05) is 22.6 Å². The van der Waals surface area contributed by atoms with Gasteiger partial charge in [0, 0.05) is 15.3 Å². The molecule has 2 amide bonds. The Kier molecular flexibility index (Phi) is 6.01. The third kappa shape index (κ3) is 4.09. The Hall–Kier alpha value is -1.34. The van der Waals surface area contributed by atoms with E-state index < -0.39 is 49.6 Å². The summed E-state index contributed by atoms with van der Waals surface area (Å²) in [7, 11) is 0. The molecule has 4 atom stereocenters. The molecule has 2 heterocycles. The quantitative estimate of drug-likeness (QED) is 0.534. The van der Waals surface area contributed by atoms with Crippen LogP contribution in [0.15, 0.2) is 40.1 Å². The first-order chi connectivity index (χ1) is 12.7. The van der Waals surface area contributed by atoms with Crippen LogP contribution in [-0.2, 0) is 10.7 Å². The van der Waals surface area contributed by atoms with Gasteiger partial charge >= 0.3 is 6.03 Å². The van der Waals surface area contributed by atoms with Crippen molar-refractivity contribution in [3.05, 3.63) is 45.7 Å². The van der Waals surface area contributed by atoms with Gasteiger partial charge in [-0.3, -0.25) is 4.90 Å². The first-order valence-electron chi connectivity index (χ1n) is 8.24. The molecule has 3 N–H and O–H groups in total. The summed E-state index contributed by atoms with van der Waals surface area (Å²) in [5.41, 5.74) is -0.207. The summed E-state index contributed by atoms with van der Waals surface area (Å²) in [6, 6.07) is 6.42. The van der Waals surface area contributed by atoms with Crippen molar-refractivity contribution in [3.8, 4) is 0 Å². The standard InChI is InChI=1S/C17H19F2IN2O5/c18-17(19,10-4-2-1-3-5-10)9-21-6-11(20)7-22(16(21)26)15-14(25)13(24)12(8-23)27-15/h1-5,7,12-15,23-25H,6,8-9H2/t12-,13+,14+,15-/m1/s1. The second-order valence-corrected chi connectivity index (χ2v) is 7.81. The first kappa shape index (κ1) is 20.4. The van der Waals surface area contributed by atoms with Crippen LogP contribution in [0.2, 0.25) is 0 Å². The number of alkyl halides is 2. The minimum absolute atomic E-state index is 0.00683. The smallest absolute Gasteiger partial charge is 0.326 e. The van der Waals surface area contributed by atoms with Gasteiger partial charge in [-0.25, -0.2) is 4.79 Å². The van der Waals surface area contributed by atoms with Crippen LogP contribution in [0.25, 0.3) is 0 Å². The van der Waals surface area contributed by atoms with Gasteiger partial charge in [0.1, 0.15) is 18.3 Å². The Morgan fingerprint density at radius 1 is 1.22 bits per heavy atom. The number of nitrogens with zero attached hydrogens (tertiary/aromatic N) is 2. The highest BCUT2D eigenvalue weighted by molar-refractivity contribution is 14.1. The van der Waals surface area contributed by atoms with E-state index in [2.05, 4.69) is 0 Å². The fraction of sp³-hybridized carbons (Fsp3) is 0.471. The number of amides is 2. The molecule has 0 bridgehead atoms. The number of hydrogen-bond acceptors (Lipinski definition) is 5. The molecule has 0 radical (unpaired) electrons. The van der Waals surface area contributed by atoms with Gasteiger partial charge in [-0.2, -0.15) is 8.78 Å². The van der Waals surface area contributed by atoms with Crippen LogP contribution in [0, 0.1) is 0 Å². The van der Waals surface area contributed by atoms with E-state index in [-0.39, 0.29) is 12.1 Å². The van der Waals surface area contributed by atoms with Gasteiger partial charge in [-0.15, -0.1) is 0 Å². The van der Waals surface area contributed by atoms with Crippen LogP contribution in [0.4, 0.5) is 13.6 Å². The number of halogens is 3. The molecule has 1 aromatic rings. The summed E-state index contributed by atoms with van der Waals surface area (Å²) in [5.74, 6) is -3.26. The Morgan fingerprint density at radius 3 is 2.48 bits per heavy atom. The molecule has 27 heavy (non-hydrogen) atoms. The molecule has 0 aromatic heterocycles. The fourth-order valence-electron chi connectivity index (χ4n) is 3.09. The van der Waals surface area contributed by atoms with Gasteiger partial charge in [0.2, 0.25) is 0 Å². The average molecular weight is 496 g/mol. The largest absolute Gasteiger partial charge is 0.394 e. The highest BCUT2D eigenvalue weighted by Gasteiger charge is 2.48. The van der Waals surface area contributed by atoms with Crippen LogP contribution >= 0.6 is 22.6 Å². The van der Waals surface area contributed by atoms with E-state index in [0.717, 1.165) is 9.80 Å².